The van der Waals surface area contributed by atoms with Crippen molar-refractivity contribution < 1.29 is 13.2 Å². The Balaban J connectivity index is 1.33. The Morgan fingerprint density at radius 3 is 2.57 bits per heavy atom. The lowest BCUT2D eigenvalue weighted by Gasteiger charge is -2.59. The monoisotopic (exact) mass is 399 g/mol. The molecule has 0 bridgehead atoms. The second-order valence-corrected chi connectivity index (χ2v) is 9.73. The van der Waals surface area contributed by atoms with Gasteiger partial charge in [-0.15, -0.1) is 0 Å². The molecule has 0 saturated carbocycles. The molecular weight excluding hydrogens is 378 g/mol. The molecular formula is C19H21N5O3S. The summed E-state index contributed by atoms with van der Waals surface area (Å²) in [4.78, 5) is 6.80. The molecule has 0 atom stereocenters. The van der Waals surface area contributed by atoms with Gasteiger partial charge >= 0.3 is 0 Å². The summed E-state index contributed by atoms with van der Waals surface area (Å²) in [5.41, 5.74) is 2.74. The number of nitrogens with one attached hydrogen (secondary N) is 1. The van der Waals surface area contributed by atoms with Crippen molar-refractivity contribution in [1.29, 1.82) is 0 Å². The molecule has 1 aromatic carbocycles. The van der Waals surface area contributed by atoms with E-state index in [-0.39, 0.29) is 5.41 Å². The van der Waals surface area contributed by atoms with Crippen molar-refractivity contribution in [3.8, 4) is 17.0 Å². The number of hydrogen-bond acceptors (Lipinski definition) is 6. The summed E-state index contributed by atoms with van der Waals surface area (Å²) >= 11 is 0. The molecule has 2 aromatic heterocycles. The highest BCUT2D eigenvalue weighted by molar-refractivity contribution is 7.88. The Labute approximate surface area is 163 Å². The van der Waals surface area contributed by atoms with Crippen LogP contribution in [0.4, 0.5) is 5.82 Å². The Hall–Kier alpha value is -2.65. The van der Waals surface area contributed by atoms with Crippen LogP contribution >= 0.6 is 0 Å². The highest BCUT2D eigenvalue weighted by Crippen LogP contribution is 2.42. The van der Waals surface area contributed by atoms with Gasteiger partial charge in [0.25, 0.3) is 0 Å². The second kappa shape index (κ2) is 5.92. The SMILES string of the molecule is COc1cccc2[nH]nc(-c3ccc(N4CC5(C4)CN(S(C)(=O)=O)C5)nc3)c12. The first-order valence-corrected chi connectivity index (χ1v) is 10.9. The van der Waals surface area contributed by atoms with Gasteiger partial charge in [-0.2, -0.15) is 5.10 Å². The summed E-state index contributed by atoms with van der Waals surface area (Å²) in [5.74, 6) is 1.68. The summed E-state index contributed by atoms with van der Waals surface area (Å²) in [6, 6.07) is 9.81. The first-order valence-electron chi connectivity index (χ1n) is 9.06. The van der Waals surface area contributed by atoms with Crippen LogP contribution in [0.3, 0.4) is 0 Å². The number of H-pyrrole nitrogens is 1. The predicted molar refractivity (Wildman–Crippen MR) is 107 cm³/mol. The van der Waals surface area contributed by atoms with Crippen LogP contribution in [0.25, 0.3) is 22.2 Å². The van der Waals surface area contributed by atoms with Gasteiger partial charge in [-0.1, -0.05) is 6.07 Å². The highest BCUT2D eigenvalue weighted by atomic mass is 32.2. The van der Waals surface area contributed by atoms with Gasteiger partial charge in [0.1, 0.15) is 17.3 Å². The minimum absolute atomic E-state index is 0.0925. The maximum atomic E-state index is 11.6. The van der Waals surface area contributed by atoms with E-state index in [9.17, 15) is 8.42 Å². The summed E-state index contributed by atoms with van der Waals surface area (Å²) in [6.07, 6.45) is 3.09. The lowest BCUT2D eigenvalue weighted by atomic mass is 9.74. The summed E-state index contributed by atoms with van der Waals surface area (Å²) in [5, 5.41) is 8.42. The molecule has 0 radical (unpaired) electrons. The fraction of sp³-hybridized carbons (Fsp3) is 0.368. The third-order valence-corrected chi connectivity index (χ3v) is 6.86. The molecule has 4 heterocycles. The molecule has 2 fully saturated rings. The largest absolute Gasteiger partial charge is 0.496 e. The van der Waals surface area contributed by atoms with Crippen molar-refractivity contribution in [2.75, 3.05) is 44.4 Å². The van der Waals surface area contributed by atoms with E-state index < -0.39 is 10.0 Å². The van der Waals surface area contributed by atoms with Gasteiger partial charge in [-0.3, -0.25) is 5.10 Å². The molecule has 0 aliphatic carbocycles. The Morgan fingerprint density at radius 1 is 1.14 bits per heavy atom. The van der Waals surface area contributed by atoms with E-state index in [4.69, 9.17) is 4.74 Å². The molecule has 8 nitrogen and oxygen atoms in total. The maximum Gasteiger partial charge on any atom is 0.211 e. The number of anilines is 1. The predicted octanol–water partition coefficient (Wildman–Crippen LogP) is 1.72. The Bertz CT molecular complexity index is 1140. The van der Waals surface area contributed by atoms with Gasteiger partial charge in [0.05, 0.1) is 24.3 Å². The van der Waals surface area contributed by atoms with E-state index in [0.29, 0.717) is 13.1 Å². The van der Waals surface area contributed by atoms with Crippen LogP contribution < -0.4 is 9.64 Å². The lowest BCUT2D eigenvalue weighted by molar-refractivity contribution is 0.0395. The van der Waals surface area contributed by atoms with Crippen molar-refractivity contribution in [1.82, 2.24) is 19.5 Å². The van der Waals surface area contributed by atoms with Crippen molar-refractivity contribution in [2.45, 2.75) is 0 Å². The Kier molecular flexibility index (Phi) is 3.69. The molecule has 2 aliphatic rings. The fourth-order valence-electron chi connectivity index (χ4n) is 4.19. The Morgan fingerprint density at radius 2 is 1.93 bits per heavy atom. The first kappa shape index (κ1) is 17.4. The second-order valence-electron chi connectivity index (χ2n) is 7.75. The number of ether oxygens (including phenoxy) is 1. The lowest BCUT2D eigenvalue weighted by Crippen LogP contribution is -2.73. The third-order valence-electron chi connectivity index (χ3n) is 5.66. The van der Waals surface area contributed by atoms with Gasteiger partial charge in [-0.25, -0.2) is 17.7 Å². The molecule has 1 spiro atoms. The van der Waals surface area contributed by atoms with Gasteiger partial charge in [0.15, 0.2) is 0 Å². The van der Waals surface area contributed by atoms with Gasteiger partial charge in [0.2, 0.25) is 10.0 Å². The molecule has 9 heteroatoms. The maximum absolute atomic E-state index is 11.6. The van der Waals surface area contributed by atoms with E-state index in [1.54, 1.807) is 7.11 Å². The number of benzene rings is 1. The minimum atomic E-state index is -3.07. The summed E-state index contributed by atoms with van der Waals surface area (Å²) in [6.45, 7) is 2.90. The topological polar surface area (TPSA) is 91.4 Å². The smallest absolute Gasteiger partial charge is 0.211 e. The molecule has 2 saturated heterocycles. The number of nitrogens with zero attached hydrogens (tertiary/aromatic N) is 4. The highest BCUT2D eigenvalue weighted by Gasteiger charge is 2.54. The van der Waals surface area contributed by atoms with Crippen LogP contribution in [-0.4, -0.2) is 67.4 Å². The van der Waals surface area contributed by atoms with E-state index in [0.717, 1.165) is 46.8 Å². The number of aromatic nitrogens is 3. The zero-order valence-corrected chi connectivity index (χ0v) is 16.5. The third kappa shape index (κ3) is 2.65. The van der Waals surface area contributed by atoms with Crippen LogP contribution in [-0.2, 0) is 10.0 Å². The molecule has 2 aliphatic heterocycles. The van der Waals surface area contributed by atoms with Crippen LogP contribution in [0.5, 0.6) is 5.75 Å². The standard InChI is InChI=1S/C19H21N5O3S/c1-27-15-5-3-4-14-17(15)18(22-21-14)13-6-7-16(20-8-13)23-9-19(10-23)11-24(12-19)28(2,25)26/h3-8H,9-12H2,1-2H3,(H,21,22). The fourth-order valence-corrected chi connectivity index (χ4v) is 5.21. The molecule has 0 unspecified atom stereocenters. The van der Waals surface area contributed by atoms with Gasteiger partial charge in [-0.05, 0) is 24.3 Å². The van der Waals surface area contributed by atoms with E-state index in [1.807, 2.05) is 36.5 Å². The van der Waals surface area contributed by atoms with Crippen molar-refractivity contribution in [3.05, 3.63) is 36.5 Å². The number of fused-ring (bicyclic) bond motifs is 1. The number of sulfonamides is 1. The average Bonchev–Trinajstić information content (AvgIpc) is 3.03. The molecule has 0 amide bonds. The molecule has 28 heavy (non-hydrogen) atoms. The van der Waals surface area contributed by atoms with Crippen molar-refractivity contribution in [2.24, 2.45) is 5.41 Å². The number of methoxy groups -OCH3 is 1. The molecule has 146 valence electrons. The zero-order chi connectivity index (χ0) is 19.5. The van der Waals surface area contributed by atoms with Gasteiger partial charge < -0.3 is 9.64 Å². The normalized spacial score (nSPS) is 18.9. The minimum Gasteiger partial charge on any atom is -0.496 e. The van der Waals surface area contributed by atoms with E-state index in [1.165, 1.54) is 10.6 Å². The number of pyridine rings is 1. The molecule has 5 rings (SSSR count). The van der Waals surface area contributed by atoms with E-state index in [2.05, 4.69) is 20.1 Å². The average molecular weight is 399 g/mol. The van der Waals surface area contributed by atoms with Crippen LogP contribution in [0.2, 0.25) is 0 Å². The number of hydrogen-bond donors (Lipinski definition) is 1. The van der Waals surface area contributed by atoms with Crippen molar-refractivity contribution in [3.63, 3.8) is 0 Å². The quantitative estimate of drug-likeness (QED) is 0.718. The number of rotatable bonds is 4. The first-order chi connectivity index (χ1) is 13.4. The van der Waals surface area contributed by atoms with Crippen LogP contribution in [0.1, 0.15) is 0 Å². The van der Waals surface area contributed by atoms with E-state index >= 15 is 0 Å². The molecule has 1 N–H and O–H groups in total. The molecule has 3 aromatic rings. The van der Waals surface area contributed by atoms with Crippen molar-refractivity contribution >= 4 is 26.7 Å². The summed E-state index contributed by atoms with van der Waals surface area (Å²) in [7, 11) is -1.42. The van der Waals surface area contributed by atoms with Crippen LogP contribution in [0, 0.1) is 5.41 Å². The number of aromatic amines is 1. The zero-order valence-electron chi connectivity index (χ0n) is 15.7. The van der Waals surface area contributed by atoms with Gasteiger partial charge in [0, 0.05) is 43.4 Å². The van der Waals surface area contributed by atoms with Crippen LogP contribution in [0.15, 0.2) is 36.5 Å². The summed E-state index contributed by atoms with van der Waals surface area (Å²) < 4.78 is 30.1.